The molecule has 0 saturated carbocycles. The number of aromatic nitrogens is 2. The number of rotatable bonds is 7. The number of aryl methyl sites for hydroxylation is 1. The summed E-state index contributed by atoms with van der Waals surface area (Å²) in [6, 6.07) is 15.3. The van der Waals surface area contributed by atoms with Gasteiger partial charge in [-0.15, -0.1) is 0 Å². The SMILES string of the molecule is Cc1cccc(CC(=O)N(C)CCc2noc(-c3ccc(C(=O)N4CCCCC4)cc3)n2)c1. The van der Waals surface area contributed by atoms with Crippen LogP contribution in [0.4, 0.5) is 0 Å². The molecule has 1 fully saturated rings. The fraction of sp³-hybridized carbons (Fsp3) is 0.385. The van der Waals surface area contributed by atoms with Crippen molar-refractivity contribution in [3.05, 3.63) is 71.0 Å². The van der Waals surface area contributed by atoms with Crippen LogP contribution < -0.4 is 0 Å². The molecule has 2 amide bonds. The molecular formula is C26H30N4O3. The highest BCUT2D eigenvalue weighted by molar-refractivity contribution is 5.94. The second-order valence-electron chi connectivity index (χ2n) is 8.68. The minimum atomic E-state index is 0.0540. The highest BCUT2D eigenvalue weighted by Gasteiger charge is 2.19. The third-order valence-corrected chi connectivity index (χ3v) is 6.02. The van der Waals surface area contributed by atoms with E-state index in [0.717, 1.165) is 42.6 Å². The second-order valence-corrected chi connectivity index (χ2v) is 8.68. The first-order valence-electron chi connectivity index (χ1n) is 11.5. The number of hydrogen-bond donors (Lipinski definition) is 0. The molecule has 1 saturated heterocycles. The first kappa shape index (κ1) is 22.7. The summed E-state index contributed by atoms with van der Waals surface area (Å²) in [5.41, 5.74) is 3.60. The molecule has 1 aliphatic rings. The van der Waals surface area contributed by atoms with Crippen LogP contribution in [0, 0.1) is 6.92 Å². The van der Waals surface area contributed by atoms with Crippen molar-refractivity contribution in [2.75, 3.05) is 26.7 Å². The Bertz CT molecular complexity index is 1100. The van der Waals surface area contributed by atoms with Crippen LogP contribution in [0.25, 0.3) is 11.5 Å². The number of likely N-dealkylation sites (tertiary alicyclic amines) is 1. The largest absolute Gasteiger partial charge is 0.345 e. The average Bonchev–Trinajstić information content (AvgIpc) is 3.32. The number of likely N-dealkylation sites (N-methyl/N-ethyl adjacent to an activating group) is 1. The molecule has 2 aromatic carbocycles. The molecule has 0 N–H and O–H groups in total. The lowest BCUT2D eigenvalue weighted by atomic mass is 10.1. The Hall–Kier alpha value is -3.48. The molecule has 0 spiro atoms. The molecule has 0 aliphatic carbocycles. The van der Waals surface area contributed by atoms with Gasteiger partial charge in [0.1, 0.15) is 0 Å². The van der Waals surface area contributed by atoms with Crippen molar-refractivity contribution in [1.82, 2.24) is 19.9 Å². The molecule has 2 heterocycles. The molecule has 172 valence electrons. The van der Waals surface area contributed by atoms with Crippen LogP contribution in [0.15, 0.2) is 53.1 Å². The number of benzene rings is 2. The highest BCUT2D eigenvalue weighted by Crippen LogP contribution is 2.20. The van der Waals surface area contributed by atoms with Gasteiger partial charge < -0.3 is 14.3 Å². The molecular weight excluding hydrogens is 416 g/mol. The molecule has 0 unspecified atom stereocenters. The van der Waals surface area contributed by atoms with Gasteiger partial charge in [-0.3, -0.25) is 9.59 Å². The number of hydrogen-bond acceptors (Lipinski definition) is 5. The van der Waals surface area contributed by atoms with E-state index >= 15 is 0 Å². The number of carbonyl (C=O) groups is 2. The smallest absolute Gasteiger partial charge is 0.257 e. The van der Waals surface area contributed by atoms with E-state index in [1.807, 2.05) is 60.4 Å². The predicted octanol–water partition coefficient (Wildman–Crippen LogP) is 3.91. The van der Waals surface area contributed by atoms with Crippen molar-refractivity contribution in [3.8, 4) is 11.5 Å². The maximum absolute atomic E-state index is 12.6. The normalized spacial score (nSPS) is 13.7. The molecule has 1 aliphatic heterocycles. The van der Waals surface area contributed by atoms with Gasteiger partial charge in [0, 0.05) is 44.2 Å². The average molecular weight is 447 g/mol. The van der Waals surface area contributed by atoms with Gasteiger partial charge in [0.2, 0.25) is 5.91 Å². The van der Waals surface area contributed by atoms with E-state index in [-0.39, 0.29) is 11.8 Å². The first-order valence-corrected chi connectivity index (χ1v) is 11.5. The van der Waals surface area contributed by atoms with E-state index in [1.54, 1.807) is 11.9 Å². The van der Waals surface area contributed by atoms with E-state index in [0.29, 0.717) is 36.7 Å². The summed E-state index contributed by atoms with van der Waals surface area (Å²) in [6.45, 7) is 4.18. The van der Waals surface area contributed by atoms with E-state index < -0.39 is 0 Å². The van der Waals surface area contributed by atoms with Gasteiger partial charge in [-0.2, -0.15) is 4.98 Å². The van der Waals surface area contributed by atoms with Gasteiger partial charge >= 0.3 is 0 Å². The first-order chi connectivity index (χ1) is 16.0. The lowest BCUT2D eigenvalue weighted by Crippen LogP contribution is -2.35. The fourth-order valence-electron chi connectivity index (χ4n) is 4.03. The lowest BCUT2D eigenvalue weighted by Gasteiger charge is -2.26. The fourth-order valence-corrected chi connectivity index (χ4v) is 4.03. The van der Waals surface area contributed by atoms with E-state index in [4.69, 9.17) is 4.52 Å². The summed E-state index contributed by atoms with van der Waals surface area (Å²) in [5.74, 6) is 1.09. The van der Waals surface area contributed by atoms with Crippen LogP contribution in [0.5, 0.6) is 0 Å². The summed E-state index contributed by atoms with van der Waals surface area (Å²) < 4.78 is 5.41. The van der Waals surface area contributed by atoms with Gasteiger partial charge in [0.05, 0.1) is 6.42 Å². The molecule has 0 radical (unpaired) electrons. The minimum absolute atomic E-state index is 0.0540. The van der Waals surface area contributed by atoms with Crippen LogP contribution in [0.2, 0.25) is 0 Å². The quantitative estimate of drug-likeness (QED) is 0.550. The topological polar surface area (TPSA) is 79.5 Å². The van der Waals surface area contributed by atoms with Gasteiger partial charge in [0.25, 0.3) is 11.8 Å². The lowest BCUT2D eigenvalue weighted by molar-refractivity contribution is -0.129. The predicted molar refractivity (Wildman–Crippen MR) is 126 cm³/mol. The zero-order valence-electron chi connectivity index (χ0n) is 19.3. The summed E-state index contributed by atoms with van der Waals surface area (Å²) >= 11 is 0. The van der Waals surface area contributed by atoms with Crippen molar-refractivity contribution in [1.29, 1.82) is 0 Å². The Balaban J connectivity index is 1.31. The molecule has 7 heteroatoms. The zero-order chi connectivity index (χ0) is 23.2. The number of amides is 2. The highest BCUT2D eigenvalue weighted by atomic mass is 16.5. The number of piperidine rings is 1. The summed E-state index contributed by atoms with van der Waals surface area (Å²) in [6.07, 6.45) is 4.21. The third kappa shape index (κ3) is 5.86. The van der Waals surface area contributed by atoms with Crippen LogP contribution in [0.3, 0.4) is 0 Å². The Morgan fingerprint density at radius 1 is 1.06 bits per heavy atom. The molecule has 3 aromatic rings. The van der Waals surface area contributed by atoms with Gasteiger partial charge in [-0.25, -0.2) is 0 Å². The maximum atomic E-state index is 12.6. The monoisotopic (exact) mass is 446 g/mol. The number of nitrogens with zero attached hydrogens (tertiary/aromatic N) is 4. The Morgan fingerprint density at radius 3 is 2.55 bits per heavy atom. The van der Waals surface area contributed by atoms with Gasteiger partial charge in [-0.1, -0.05) is 35.0 Å². The Kier molecular flexibility index (Phi) is 7.17. The molecule has 33 heavy (non-hydrogen) atoms. The van der Waals surface area contributed by atoms with Crippen LogP contribution in [-0.4, -0.2) is 58.4 Å². The molecule has 1 aromatic heterocycles. The number of carbonyl (C=O) groups excluding carboxylic acids is 2. The minimum Gasteiger partial charge on any atom is -0.345 e. The molecule has 4 rings (SSSR count). The van der Waals surface area contributed by atoms with Crippen LogP contribution in [0.1, 0.15) is 46.6 Å². The van der Waals surface area contributed by atoms with E-state index in [2.05, 4.69) is 10.1 Å². The maximum Gasteiger partial charge on any atom is 0.257 e. The summed E-state index contributed by atoms with van der Waals surface area (Å²) in [7, 11) is 1.79. The zero-order valence-corrected chi connectivity index (χ0v) is 19.3. The Morgan fingerprint density at radius 2 is 1.82 bits per heavy atom. The van der Waals surface area contributed by atoms with Crippen molar-refractivity contribution < 1.29 is 14.1 Å². The van der Waals surface area contributed by atoms with E-state index in [9.17, 15) is 9.59 Å². The molecule has 0 atom stereocenters. The third-order valence-electron chi connectivity index (χ3n) is 6.02. The van der Waals surface area contributed by atoms with Gasteiger partial charge in [0.15, 0.2) is 5.82 Å². The van der Waals surface area contributed by atoms with Crippen molar-refractivity contribution in [2.24, 2.45) is 0 Å². The van der Waals surface area contributed by atoms with Crippen LogP contribution in [-0.2, 0) is 17.6 Å². The van der Waals surface area contributed by atoms with Crippen molar-refractivity contribution in [3.63, 3.8) is 0 Å². The molecule has 0 bridgehead atoms. The second kappa shape index (κ2) is 10.4. The molecule has 7 nitrogen and oxygen atoms in total. The van der Waals surface area contributed by atoms with Crippen molar-refractivity contribution >= 4 is 11.8 Å². The summed E-state index contributed by atoms with van der Waals surface area (Å²) in [5, 5.41) is 4.05. The van der Waals surface area contributed by atoms with Crippen LogP contribution >= 0.6 is 0 Å². The summed E-state index contributed by atoms with van der Waals surface area (Å²) in [4.78, 5) is 33.2. The standard InChI is InChI=1S/C26H30N4O3/c1-19-7-6-8-20(17-19)18-24(31)29(2)16-13-23-27-25(33-28-23)21-9-11-22(12-10-21)26(32)30-14-4-3-5-15-30/h6-12,17H,3-5,13-16,18H2,1-2H3. The van der Waals surface area contributed by atoms with E-state index in [1.165, 1.54) is 6.42 Å². The Labute approximate surface area is 194 Å². The van der Waals surface area contributed by atoms with Gasteiger partial charge in [-0.05, 0) is 56.0 Å². The van der Waals surface area contributed by atoms with Crippen molar-refractivity contribution in [2.45, 2.75) is 39.0 Å².